The first-order valence-corrected chi connectivity index (χ1v) is 5.19. The summed E-state index contributed by atoms with van der Waals surface area (Å²) in [4.78, 5) is 11.2. The zero-order chi connectivity index (χ0) is 11.2. The van der Waals surface area contributed by atoms with Gasteiger partial charge in [0.1, 0.15) is 5.82 Å². The van der Waals surface area contributed by atoms with Gasteiger partial charge in [0.25, 0.3) is 0 Å². The summed E-state index contributed by atoms with van der Waals surface area (Å²) in [6.07, 6.45) is 0. The summed E-state index contributed by atoms with van der Waals surface area (Å²) < 4.78 is 19.5. The molecule has 0 spiro atoms. The summed E-state index contributed by atoms with van der Waals surface area (Å²) in [5, 5.41) is 0.370. The number of hydrogen-bond donors (Lipinski definition) is 0. The van der Waals surface area contributed by atoms with Gasteiger partial charge in [0, 0.05) is 12.5 Å². The number of halogens is 2. The van der Waals surface area contributed by atoms with E-state index in [0.717, 1.165) is 0 Å². The number of aryl methyl sites for hydroxylation is 1. The van der Waals surface area contributed by atoms with E-state index in [9.17, 15) is 9.18 Å². The second-order valence-corrected chi connectivity index (χ2v) is 4.20. The van der Waals surface area contributed by atoms with Crippen LogP contribution >= 0.6 is 15.9 Å². The second kappa shape index (κ2) is 3.45. The number of hydrogen-bond acceptors (Lipinski definition) is 2. The zero-order valence-electron chi connectivity index (χ0n) is 8.23. The van der Waals surface area contributed by atoms with Gasteiger partial charge in [-0.25, -0.2) is 4.39 Å². The molecule has 4 heteroatoms. The van der Waals surface area contributed by atoms with Gasteiger partial charge in [-0.05, 0) is 35.0 Å². The van der Waals surface area contributed by atoms with Crippen LogP contribution in [0.1, 0.15) is 23.0 Å². The molecule has 0 aliphatic rings. The van der Waals surface area contributed by atoms with Gasteiger partial charge < -0.3 is 4.42 Å². The van der Waals surface area contributed by atoms with Crippen molar-refractivity contribution in [1.29, 1.82) is 0 Å². The van der Waals surface area contributed by atoms with Gasteiger partial charge in [0.15, 0.2) is 17.1 Å². The highest BCUT2D eigenvalue weighted by Crippen LogP contribution is 2.33. The van der Waals surface area contributed by atoms with Gasteiger partial charge >= 0.3 is 0 Å². The van der Waals surface area contributed by atoms with Gasteiger partial charge in [-0.3, -0.25) is 4.79 Å². The van der Waals surface area contributed by atoms with E-state index in [1.54, 1.807) is 13.0 Å². The summed E-state index contributed by atoms with van der Waals surface area (Å²) in [6.45, 7) is 3.08. The Bertz CT molecular complexity index is 557. The van der Waals surface area contributed by atoms with Crippen molar-refractivity contribution in [2.24, 2.45) is 0 Å². The zero-order valence-corrected chi connectivity index (χ0v) is 9.81. The highest BCUT2D eigenvalue weighted by atomic mass is 79.9. The Kier molecular flexibility index (Phi) is 2.38. The number of carbonyl (C=O) groups excluding carboxylic acids is 1. The first kappa shape index (κ1) is 10.4. The summed E-state index contributed by atoms with van der Waals surface area (Å²) in [5.74, 6) is -0.354. The van der Waals surface area contributed by atoms with E-state index in [0.29, 0.717) is 21.0 Å². The smallest absolute Gasteiger partial charge is 0.195 e. The third-order valence-corrected chi connectivity index (χ3v) is 2.92. The molecular weight excluding hydrogens is 263 g/mol. The molecule has 0 radical (unpaired) electrons. The predicted octanol–water partition coefficient (Wildman–Crippen LogP) is 3.85. The molecule has 2 aromatic rings. The first-order chi connectivity index (χ1) is 7.02. The van der Waals surface area contributed by atoms with E-state index in [2.05, 4.69) is 15.9 Å². The molecule has 0 saturated heterocycles. The van der Waals surface area contributed by atoms with E-state index in [-0.39, 0.29) is 17.4 Å². The number of rotatable bonds is 1. The minimum Gasteiger partial charge on any atom is -0.451 e. The first-order valence-electron chi connectivity index (χ1n) is 4.40. The van der Waals surface area contributed by atoms with Crippen LogP contribution in [0.4, 0.5) is 4.39 Å². The molecule has 2 nitrogen and oxygen atoms in total. The predicted molar refractivity (Wildman–Crippen MR) is 58.6 cm³/mol. The molecule has 0 unspecified atom stereocenters. The van der Waals surface area contributed by atoms with Crippen molar-refractivity contribution in [3.05, 3.63) is 33.7 Å². The Morgan fingerprint density at radius 3 is 2.67 bits per heavy atom. The van der Waals surface area contributed by atoms with E-state index in [1.807, 2.05) is 0 Å². The van der Waals surface area contributed by atoms with Crippen LogP contribution in [0.15, 0.2) is 21.0 Å². The molecule has 0 saturated carbocycles. The number of fused-ring (bicyclic) bond motifs is 1. The number of ketones is 1. The Morgan fingerprint density at radius 2 is 2.13 bits per heavy atom. The van der Waals surface area contributed by atoms with Crippen molar-refractivity contribution in [3.8, 4) is 0 Å². The SMILES string of the molecule is CC(=O)c1oc2c(Br)ccc(F)c2c1C. The van der Waals surface area contributed by atoms with E-state index >= 15 is 0 Å². The lowest BCUT2D eigenvalue weighted by molar-refractivity contribution is 0.0988. The molecule has 1 aromatic carbocycles. The summed E-state index contributed by atoms with van der Waals surface area (Å²) >= 11 is 3.26. The molecule has 0 aliphatic carbocycles. The quantitative estimate of drug-likeness (QED) is 0.737. The Balaban J connectivity index is 2.93. The molecule has 15 heavy (non-hydrogen) atoms. The van der Waals surface area contributed by atoms with Crippen LogP contribution in [-0.4, -0.2) is 5.78 Å². The maximum atomic E-state index is 13.5. The molecule has 0 N–H and O–H groups in total. The van der Waals surface area contributed by atoms with Crippen molar-refractivity contribution in [2.75, 3.05) is 0 Å². The van der Waals surface area contributed by atoms with Crippen LogP contribution in [0, 0.1) is 12.7 Å². The summed E-state index contributed by atoms with van der Waals surface area (Å²) in [6, 6.07) is 2.91. The lowest BCUT2D eigenvalue weighted by atomic mass is 10.1. The fourth-order valence-electron chi connectivity index (χ4n) is 1.61. The molecule has 1 heterocycles. The number of Topliss-reactive ketones (excluding diaryl/α,β-unsaturated/α-hetero) is 1. The van der Waals surface area contributed by atoms with Gasteiger partial charge in [-0.2, -0.15) is 0 Å². The highest BCUT2D eigenvalue weighted by Gasteiger charge is 2.18. The Hall–Kier alpha value is -1.16. The largest absolute Gasteiger partial charge is 0.451 e. The fraction of sp³-hybridized carbons (Fsp3) is 0.182. The van der Waals surface area contributed by atoms with Crippen molar-refractivity contribution in [3.63, 3.8) is 0 Å². The number of carbonyl (C=O) groups is 1. The molecule has 78 valence electrons. The third kappa shape index (κ3) is 1.49. The average Bonchev–Trinajstić information content (AvgIpc) is 2.51. The van der Waals surface area contributed by atoms with Crippen LogP contribution in [0.3, 0.4) is 0 Å². The molecule has 0 atom stereocenters. The Labute approximate surface area is 94.2 Å². The average molecular weight is 271 g/mol. The molecule has 0 fully saturated rings. The summed E-state index contributed by atoms with van der Waals surface area (Å²) in [7, 11) is 0. The molecule has 2 rings (SSSR count). The minimum absolute atomic E-state index is 0.199. The number of furan rings is 1. The monoisotopic (exact) mass is 270 g/mol. The maximum Gasteiger partial charge on any atom is 0.195 e. The lowest BCUT2D eigenvalue weighted by Gasteiger charge is -1.94. The van der Waals surface area contributed by atoms with Crippen molar-refractivity contribution in [2.45, 2.75) is 13.8 Å². The molecular formula is C11H8BrFO2. The third-order valence-electron chi connectivity index (χ3n) is 2.30. The van der Waals surface area contributed by atoms with Crippen LogP contribution in [-0.2, 0) is 0 Å². The Morgan fingerprint density at radius 1 is 1.47 bits per heavy atom. The summed E-state index contributed by atoms with van der Waals surface area (Å²) in [5.41, 5.74) is 0.939. The van der Waals surface area contributed by atoms with Crippen LogP contribution in [0.2, 0.25) is 0 Å². The molecule has 0 amide bonds. The highest BCUT2D eigenvalue weighted by molar-refractivity contribution is 9.10. The normalized spacial score (nSPS) is 10.9. The van der Waals surface area contributed by atoms with E-state index in [4.69, 9.17) is 4.42 Å². The molecule has 1 aromatic heterocycles. The van der Waals surface area contributed by atoms with Gasteiger partial charge in [-0.1, -0.05) is 0 Å². The fourth-order valence-corrected chi connectivity index (χ4v) is 2.02. The van der Waals surface area contributed by atoms with Gasteiger partial charge in [0.05, 0.1) is 9.86 Å². The molecule has 0 aliphatic heterocycles. The van der Waals surface area contributed by atoms with Crippen molar-refractivity contribution >= 4 is 32.7 Å². The van der Waals surface area contributed by atoms with Crippen LogP contribution in [0.5, 0.6) is 0 Å². The maximum absolute atomic E-state index is 13.5. The minimum atomic E-state index is -0.373. The van der Waals surface area contributed by atoms with Gasteiger partial charge in [-0.15, -0.1) is 0 Å². The topological polar surface area (TPSA) is 30.2 Å². The van der Waals surface area contributed by atoms with Crippen LogP contribution in [0.25, 0.3) is 11.0 Å². The molecule has 0 bridgehead atoms. The van der Waals surface area contributed by atoms with Crippen molar-refractivity contribution in [1.82, 2.24) is 0 Å². The second-order valence-electron chi connectivity index (χ2n) is 3.35. The van der Waals surface area contributed by atoms with Crippen molar-refractivity contribution < 1.29 is 13.6 Å². The lowest BCUT2D eigenvalue weighted by Crippen LogP contribution is -1.90. The van der Waals surface area contributed by atoms with E-state index < -0.39 is 0 Å². The van der Waals surface area contributed by atoms with Gasteiger partial charge in [0.2, 0.25) is 0 Å². The standard InChI is InChI=1S/C11H8BrFO2/c1-5-9-8(13)4-3-7(12)11(9)15-10(5)6(2)14/h3-4H,1-2H3. The number of benzene rings is 1. The van der Waals surface area contributed by atoms with E-state index in [1.165, 1.54) is 13.0 Å². The van der Waals surface area contributed by atoms with Crippen LogP contribution < -0.4 is 0 Å².